The van der Waals surface area contributed by atoms with Gasteiger partial charge in [-0.25, -0.2) is 9.97 Å². The largest absolute Gasteiger partial charge is 0.383 e. The summed E-state index contributed by atoms with van der Waals surface area (Å²) in [4.78, 5) is 8.95. The minimum Gasteiger partial charge on any atom is -0.383 e. The maximum atomic E-state index is 4.99. The van der Waals surface area contributed by atoms with E-state index in [-0.39, 0.29) is 0 Å². The first kappa shape index (κ1) is 11.1. The van der Waals surface area contributed by atoms with Crippen LogP contribution in [0.25, 0.3) is 0 Å². The molecule has 2 N–H and O–H groups in total. The van der Waals surface area contributed by atoms with Crippen LogP contribution in [0.1, 0.15) is 24.6 Å². The van der Waals surface area contributed by atoms with Gasteiger partial charge in [0.25, 0.3) is 0 Å². The van der Waals surface area contributed by atoms with Crippen molar-refractivity contribution in [2.24, 2.45) is 0 Å². The van der Waals surface area contributed by atoms with Crippen molar-refractivity contribution in [2.75, 3.05) is 37.9 Å². The quantitative estimate of drug-likeness (QED) is 0.713. The highest BCUT2D eigenvalue weighted by Gasteiger charge is 2.27. The number of anilines is 2. The zero-order valence-electron chi connectivity index (χ0n) is 9.79. The van der Waals surface area contributed by atoms with E-state index in [1.54, 1.807) is 7.11 Å². The Hall–Kier alpha value is -1.36. The van der Waals surface area contributed by atoms with Crippen molar-refractivity contribution in [3.8, 4) is 0 Å². The molecule has 1 aromatic rings. The first-order chi connectivity index (χ1) is 7.83. The molecule has 0 bridgehead atoms. The second-order valence-electron chi connectivity index (χ2n) is 3.94. The fraction of sp³-hybridized carbons (Fsp3) is 0.636. The average molecular weight is 222 g/mol. The van der Waals surface area contributed by atoms with Crippen LogP contribution in [0, 0.1) is 0 Å². The van der Waals surface area contributed by atoms with Crippen LogP contribution in [0.5, 0.6) is 0 Å². The first-order valence-corrected chi connectivity index (χ1v) is 5.63. The smallest absolute Gasteiger partial charge is 0.136 e. The van der Waals surface area contributed by atoms with Gasteiger partial charge >= 0.3 is 0 Å². The number of nitrogens with zero attached hydrogens (tertiary/aromatic N) is 2. The van der Waals surface area contributed by atoms with Crippen LogP contribution < -0.4 is 10.6 Å². The third-order valence-corrected chi connectivity index (χ3v) is 2.55. The van der Waals surface area contributed by atoms with Gasteiger partial charge in [0.1, 0.15) is 17.5 Å². The van der Waals surface area contributed by atoms with Gasteiger partial charge in [-0.15, -0.1) is 0 Å². The van der Waals surface area contributed by atoms with Gasteiger partial charge in [-0.2, -0.15) is 0 Å². The van der Waals surface area contributed by atoms with Crippen molar-refractivity contribution in [1.29, 1.82) is 0 Å². The van der Waals surface area contributed by atoms with E-state index in [4.69, 9.17) is 4.74 Å². The lowest BCUT2D eigenvalue weighted by atomic mass is 10.3. The molecular formula is C11H18N4O. The van der Waals surface area contributed by atoms with E-state index in [0.717, 1.165) is 24.0 Å². The van der Waals surface area contributed by atoms with Crippen LogP contribution >= 0.6 is 0 Å². The van der Waals surface area contributed by atoms with E-state index in [2.05, 4.69) is 20.6 Å². The molecule has 1 aliphatic rings. The maximum absolute atomic E-state index is 4.99. The van der Waals surface area contributed by atoms with Gasteiger partial charge in [0, 0.05) is 32.7 Å². The molecule has 0 atom stereocenters. The minimum atomic E-state index is 0.566. The molecule has 0 aromatic carbocycles. The van der Waals surface area contributed by atoms with Crippen molar-refractivity contribution in [3.63, 3.8) is 0 Å². The van der Waals surface area contributed by atoms with Gasteiger partial charge in [-0.3, -0.25) is 0 Å². The first-order valence-electron chi connectivity index (χ1n) is 5.63. The summed E-state index contributed by atoms with van der Waals surface area (Å²) in [6, 6.07) is 1.92. The number of rotatable bonds is 6. The molecule has 0 spiro atoms. The lowest BCUT2D eigenvalue weighted by Crippen LogP contribution is -2.10. The van der Waals surface area contributed by atoms with Gasteiger partial charge < -0.3 is 15.4 Å². The fourth-order valence-corrected chi connectivity index (χ4v) is 1.49. The Morgan fingerprint density at radius 2 is 2.12 bits per heavy atom. The normalized spacial score (nSPS) is 14.9. The Kier molecular flexibility index (Phi) is 3.56. The summed E-state index contributed by atoms with van der Waals surface area (Å²) >= 11 is 0. The van der Waals surface area contributed by atoms with E-state index in [1.165, 1.54) is 12.8 Å². The molecule has 2 rings (SSSR count). The molecule has 1 heterocycles. The molecule has 1 saturated carbocycles. The van der Waals surface area contributed by atoms with Crippen molar-refractivity contribution >= 4 is 11.6 Å². The van der Waals surface area contributed by atoms with Crippen LogP contribution in [0.4, 0.5) is 11.6 Å². The summed E-state index contributed by atoms with van der Waals surface area (Å²) in [5, 5.41) is 6.29. The lowest BCUT2D eigenvalue weighted by Gasteiger charge is -2.08. The van der Waals surface area contributed by atoms with Gasteiger partial charge in [0.15, 0.2) is 0 Å². The third-order valence-electron chi connectivity index (χ3n) is 2.55. The Morgan fingerprint density at radius 1 is 1.38 bits per heavy atom. The van der Waals surface area contributed by atoms with E-state index < -0.39 is 0 Å². The molecule has 1 fully saturated rings. The van der Waals surface area contributed by atoms with Gasteiger partial charge in [0.05, 0.1) is 6.61 Å². The summed E-state index contributed by atoms with van der Waals surface area (Å²) in [5.74, 6) is 3.26. The molecule has 88 valence electrons. The topological polar surface area (TPSA) is 59.1 Å². The van der Waals surface area contributed by atoms with Crippen molar-refractivity contribution < 1.29 is 4.74 Å². The molecular weight excluding hydrogens is 204 g/mol. The van der Waals surface area contributed by atoms with Crippen LogP contribution in [-0.4, -0.2) is 37.3 Å². The average Bonchev–Trinajstić information content (AvgIpc) is 3.13. The number of methoxy groups -OCH3 is 1. The SMILES string of the molecule is CNc1cc(NCCOC)nc(C2CC2)n1. The second-order valence-corrected chi connectivity index (χ2v) is 3.94. The molecule has 0 radical (unpaired) electrons. The van der Waals surface area contributed by atoms with Crippen molar-refractivity contribution in [2.45, 2.75) is 18.8 Å². The number of nitrogens with one attached hydrogen (secondary N) is 2. The summed E-state index contributed by atoms with van der Waals surface area (Å²) in [5.41, 5.74) is 0. The number of aromatic nitrogens is 2. The highest BCUT2D eigenvalue weighted by atomic mass is 16.5. The van der Waals surface area contributed by atoms with Crippen molar-refractivity contribution in [1.82, 2.24) is 9.97 Å². The summed E-state index contributed by atoms with van der Waals surface area (Å²) in [6.07, 6.45) is 2.43. The zero-order valence-corrected chi connectivity index (χ0v) is 9.79. The molecule has 5 heteroatoms. The number of hydrogen-bond donors (Lipinski definition) is 2. The molecule has 5 nitrogen and oxygen atoms in total. The van der Waals surface area contributed by atoms with E-state index in [9.17, 15) is 0 Å². The fourth-order valence-electron chi connectivity index (χ4n) is 1.49. The highest BCUT2D eigenvalue weighted by molar-refractivity contribution is 5.47. The standard InChI is InChI=1S/C11H18N4O/c1-12-9-7-10(13-5-6-16-2)15-11(14-9)8-3-4-8/h7-8H,3-6H2,1-2H3,(H2,12,13,14,15). The van der Waals surface area contributed by atoms with Gasteiger partial charge in [-0.1, -0.05) is 0 Å². The molecule has 0 aliphatic heterocycles. The lowest BCUT2D eigenvalue weighted by molar-refractivity contribution is 0.210. The molecule has 16 heavy (non-hydrogen) atoms. The molecule has 0 amide bonds. The second kappa shape index (κ2) is 5.12. The Bertz CT molecular complexity index is 352. The number of hydrogen-bond acceptors (Lipinski definition) is 5. The van der Waals surface area contributed by atoms with Crippen LogP contribution in [0.15, 0.2) is 6.07 Å². The van der Waals surface area contributed by atoms with Crippen LogP contribution in [0.2, 0.25) is 0 Å². The zero-order chi connectivity index (χ0) is 11.4. The summed E-state index contributed by atoms with van der Waals surface area (Å²) in [7, 11) is 3.56. The van der Waals surface area contributed by atoms with Crippen molar-refractivity contribution in [3.05, 3.63) is 11.9 Å². The maximum Gasteiger partial charge on any atom is 0.136 e. The summed E-state index contributed by atoms with van der Waals surface area (Å²) < 4.78 is 4.99. The van der Waals surface area contributed by atoms with Crippen LogP contribution in [0.3, 0.4) is 0 Å². The molecule has 0 saturated heterocycles. The molecule has 0 unspecified atom stereocenters. The number of ether oxygens (including phenoxy) is 1. The van der Waals surface area contributed by atoms with E-state index >= 15 is 0 Å². The molecule has 1 aromatic heterocycles. The van der Waals surface area contributed by atoms with Crippen LogP contribution in [-0.2, 0) is 4.74 Å². The Morgan fingerprint density at radius 3 is 2.75 bits per heavy atom. The Labute approximate surface area is 95.6 Å². The third kappa shape index (κ3) is 2.82. The summed E-state index contributed by atoms with van der Waals surface area (Å²) in [6.45, 7) is 1.44. The monoisotopic (exact) mass is 222 g/mol. The highest BCUT2D eigenvalue weighted by Crippen LogP contribution is 2.38. The molecule has 1 aliphatic carbocycles. The Balaban J connectivity index is 2.06. The van der Waals surface area contributed by atoms with E-state index in [0.29, 0.717) is 12.5 Å². The van der Waals surface area contributed by atoms with E-state index in [1.807, 2.05) is 13.1 Å². The predicted octanol–water partition coefficient (Wildman–Crippen LogP) is 1.45. The van der Waals surface area contributed by atoms with Gasteiger partial charge in [-0.05, 0) is 12.8 Å². The minimum absolute atomic E-state index is 0.566. The van der Waals surface area contributed by atoms with Gasteiger partial charge in [0.2, 0.25) is 0 Å². The predicted molar refractivity (Wildman–Crippen MR) is 63.9 cm³/mol.